The average Bonchev–Trinajstić information content (AvgIpc) is 2.74. The minimum absolute atomic E-state index is 0.902. The predicted molar refractivity (Wildman–Crippen MR) is 83.0 cm³/mol. The van der Waals surface area contributed by atoms with Crippen molar-refractivity contribution in [2.45, 2.75) is 19.5 Å². The number of ether oxygens (including phenoxy) is 1. The number of benzene rings is 2. The highest BCUT2D eigenvalue weighted by Gasteiger charge is 2.25. The van der Waals surface area contributed by atoms with Gasteiger partial charge in [-0.25, -0.2) is 0 Å². The zero-order valence-corrected chi connectivity index (χ0v) is 11.7. The molecule has 0 aliphatic carbocycles. The van der Waals surface area contributed by atoms with Gasteiger partial charge in [0.1, 0.15) is 5.75 Å². The molecular formula is C18H16N2O. The van der Waals surface area contributed by atoms with Crippen LogP contribution in [0, 0.1) is 0 Å². The molecule has 0 saturated heterocycles. The van der Waals surface area contributed by atoms with Crippen molar-refractivity contribution in [3.05, 3.63) is 59.3 Å². The van der Waals surface area contributed by atoms with E-state index in [1.54, 1.807) is 0 Å². The van der Waals surface area contributed by atoms with E-state index >= 15 is 0 Å². The number of hydrogen-bond acceptors (Lipinski definition) is 2. The van der Waals surface area contributed by atoms with Crippen LogP contribution in [-0.2, 0) is 19.5 Å². The second-order valence-corrected chi connectivity index (χ2v) is 5.80. The molecule has 0 radical (unpaired) electrons. The number of fused-ring (bicyclic) bond motifs is 4. The van der Waals surface area contributed by atoms with Crippen molar-refractivity contribution >= 4 is 10.9 Å². The van der Waals surface area contributed by atoms with Gasteiger partial charge in [0, 0.05) is 36.2 Å². The molecule has 0 unspecified atom stereocenters. The fourth-order valence-corrected chi connectivity index (χ4v) is 3.68. The summed E-state index contributed by atoms with van der Waals surface area (Å²) in [6.45, 7) is 2.92. The van der Waals surface area contributed by atoms with E-state index in [1.807, 2.05) is 6.07 Å². The van der Waals surface area contributed by atoms with Gasteiger partial charge in [-0.2, -0.15) is 0 Å². The van der Waals surface area contributed by atoms with Gasteiger partial charge in [-0.1, -0.05) is 30.3 Å². The van der Waals surface area contributed by atoms with Crippen LogP contribution in [0.1, 0.15) is 16.8 Å². The molecule has 1 aromatic heterocycles. The van der Waals surface area contributed by atoms with Crippen molar-refractivity contribution in [3.8, 4) is 11.5 Å². The fourth-order valence-electron chi connectivity index (χ4n) is 3.68. The maximum absolute atomic E-state index is 6.21. The molecule has 2 aliphatic heterocycles. The predicted octanol–water partition coefficient (Wildman–Crippen LogP) is 3.44. The van der Waals surface area contributed by atoms with E-state index in [-0.39, 0.29) is 0 Å². The molecule has 0 fully saturated rings. The highest BCUT2D eigenvalue weighted by molar-refractivity contribution is 5.91. The molecule has 3 nitrogen and oxygen atoms in total. The average molecular weight is 276 g/mol. The first-order valence-electron chi connectivity index (χ1n) is 7.51. The summed E-state index contributed by atoms with van der Waals surface area (Å²) in [6.07, 6.45) is 1.09. The summed E-state index contributed by atoms with van der Waals surface area (Å²) in [5.41, 5.74) is 5.42. The lowest BCUT2D eigenvalue weighted by molar-refractivity contribution is 0.486. The first-order chi connectivity index (χ1) is 10.4. The van der Waals surface area contributed by atoms with Crippen molar-refractivity contribution in [2.24, 2.45) is 0 Å². The zero-order chi connectivity index (χ0) is 13.8. The summed E-state index contributed by atoms with van der Waals surface area (Å²) in [7, 11) is 0. The summed E-state index contributed by atoms with van der Waals surface area (Å²) in [5.74, 6) is 1.96. The standard InChI is InChI=1S/C18H16N2O/c1-2-6-16-12(4-1)11-20-15-8-9-19-10-14(15)13-5-3-7-17(21-16)18(13)20/h1-7,19H,8-11H2. The third-order valence-corrected chi connectivity index (χ3v) is 4.63. The largest absolute Gasteiger partial charge is 0.455 e. The molecule has 21 heavy (non-hydrogen) atoms. The molecule has 104 valence electrons. The molecular weight excluding hydrogens is 260 g/mol. The van der Waals surface area contributed by atoms with Crippen LogP contribution in [0.2, 0.25) is 0 Å². The molecule has 5 rings (SSSR count). The highest BCUT2D eigenvalue weighted by Crippen LogP contribution is 2.40. The monoisotopic (exact) mass is 276 g/mol. The maximum atomic E-state index is 6.21. The number of para-hydroxylation sites is 2. The lowest BCUT2D eigenvalue weighted by Gasteiger charge is -2.17. The molecule has 2 aromatic carbocycles. The Labute approximate surface area is 123 Å². The number of nitrogens with zero attached hydrogens (tertiary/aromatic N) is 1. The molecule has 0 atom stereocenters. The quantitative estimate of drug-likeness (QED) is 0.532. The second kappa shape index (κ2) is 4.12. The van der Waals surface area contributed by atoms with Gasteiger partial charge in [-0.15, -0.1) is 0 Å². The van der Waals surface area contributed by atoms with Crippen LogP contribution < -0.4 is 10.1 Å². The van der Waals surface area contributed by atoms with Crippen molar-refractivity contribution < 1.29 is 4.74 Å². The van der Waals surface area contributed by atoms with Crippen LogP contribution in [0.5, 0.6) is 11.5 Å². The van der Waals surface area contributed by atoms with Crippen LogP contribution in [0.3, 0.4) is 0 Å². The first-order valence-corrected chi connectivity index (χ1v) is 7.51. The number of hydrogen-bond donors (Lipinski definition) is 1. The van der Waals surface area contributed by atoms with Gasteiger partial charge in [-0.3, -0.25) is 0 Å². The van der Waals surface area contributed by atoms with Crippen LogP contribution in [0.4, 0.5) is 0 Å². The molecule has 0 amide bonds. The lowest BCUT2D eigenvalue weighted by Crippen LogP contribution is -2.24. The molecule has 2 aliphatic rings. The Morgan fingerprint density at radius 2 is 1.90 bits per heavy atom. The van der Waals surface area contributed by atoms with Gasteiger partial charge in [0.2, 0.25) is 0 Å². The number of aromatic nitrogens is 1. The van der Waals surface area contributed by atoms with Crippen molar-refractivity contribution in [3.63, 3.8) is 0 Å². The molecule has 0 spiro atoms. The van der Waals surface area contributed by atoms with Crippen LogP contribution >= 0.6 is 0 Å². The smallest absolute Gasteiger partial charge is 0.151 e. The topological polar surface area (TPSA) is 26.2 Å². The van der Waals surface area contributed by atoms with Crippen LogP contribution in [0.25, 0.3) is 10.9 Å². The van der Waals surface area contributed by atoms with Gasteiger partial charge in [0.15, 0.2) is 5.75 Å². The number of rotatable bonds is 0. The van der Waals surface area contributed by atoms with Crippen molar-refractivity contribution in [1.82, 2.24) is 9.88 Å². The normalized spacial score (nSPS) is 16.0. The van der Waals surface area contributed by atoms with E-state index < -0.39 is 0 Å². The molecule has 3 heteroatoms. The third-order valence-electron chi connectivity index (χ3n) is 4.63. The minimum Gasteiger partial charge on any atom is -0.455 e. The number of nitrogens with one attached hydrogen (secondary N) is 1. The maximum Gasteiger partial charge on any atom is 0.151 e. The van der Waals surface area contributed by atoms with Crippen molar-refractivity contribution in [2.75, 3.05) is 6.54 Å². The van der Waals surface area contributed by atoms with Crippen LogP contribution in [-0.4, -0.2) is 11.1 Å². The summed E-state index contributed by atoms with van der Waals surface area (Å²) < 4.78 is 8.68. The van der Waals surface area contributed by atoms with Gasteiger partial charge in [-0.05, 0) is 17.7 Å². The molecule has 3 heterocycles. The summed E-state index contributed by atoms with van der Waals surface area (Å²) in [6, 6.07) is 14.8. The lowest BCUT2D eigenvalue weighted by atomic mass is 10.1. The summed E-state index contributed by atoms with van der Waals surface area (Å²) in [5, 5.41) is 4.83. The fraction of sp³-hybridized carbons (Fsp3) is 0.222. The van der Waals surface area contributed by atoms with E-state index in [0.717, 1.165) is 37.6 Å². The van der Waals surface area contributed by atoms with E-state index in [0.29, 0.717) is 0 Å². The zero-order valence-electron chi connectivity index (χ0n) is 11.7. The van der Waals surface area contributed by atoms with Crippen LogP contribution in [0.15, 0.2) is 42.5 Å². The third kappa shape index (κ3) is 1.52. The summed E-state index contributed by atoms with van der Waals surface area (Å²) >= 11 is 0. The Morgan fingerprint density at radius 3 is 2.90 bits per heavy atom. The highest BCUT2D eigenvalue weighted by atomic mass is 16.5. The van der Waals surface area contributed by atoms with Gasteiger partial charge < -0.3 is 14.6 Å². The Bertz CT molecular complexity index is 863. The Morgan fingerprint density at radius 1 is 1.00 bits per heavy atom. The van der Waals surface area contributed by atoms with E-state index in [1.165, 1.54) is 27.7 Å². The first kappa shape index (κ1) is 11.4. The van der Waals surface area contributed by atoms with E-state index in [4.69, 9.17) is 4.74 Å². The summed E-state index contributed by atoms with van der Waals surface area (Å²) in [4.78, 5) is 0. The van der Waals surface area contributed by atoms with E-state index in [9.17, 15) is 0 Å². The van der Waals surface area contributed by atoms with Gasteiger partial charge >= 0.3 is 0 Å². The molecule has 0 saturated carbocycles. The van der Waals surface area contributed by atoms with Gasteiger partial charge in [0.25, 0.3) is 0 Å². The van der Waals surface area contributed by atoms with Crippen molar-refractivity contribution in [1.29, 1.82) is 0 Å². The molecule has 3 aromatic rings. The Kier molecular flexibility index (Phi) is 2.24. The Hall–Kier alpha value is -2.26. The van der Waals surface area contributed by atoms with Gasteiger partial charge in [0.05, 0.1) is 12.1 Å². The van der Waals surface area contributed by atoms with E-state index in [2.05, 4.69) is 46.3 Å². The SMILES string of the molecule is c1ccc2c(c1)Cn1c3c(c4cccc(c41)O2)CNCC3. The molecule has 0 bridgehead atoms. The second-order valence-electron chi connectivity index (χ2n) is 5.80. The molecule has 1 N–H and O–H groups in total. The minimum atomic E-state index is 0.902. The Balaban J connectivity index is 1.87.